The molecule has 5 N–H and O–H groups in total. The minimum Gasteiger partial charge on any atom is -0.393 e. The van der Waals surface area contributed by atoms with Crippen LogP contribution in [0.2, 0.25) is 0 Å². The molecule has 2 heteroatoms. The van der Waals surface area contributed by atoms with E-state index >= 15 is 0 Å². The molecule has 0 saturated carbocycles. The van der Waals surface area contributed by atoms with E-state index in [1.807, 2.05) is 12.1 Å². The van der Waals surface area contributed by atoms with E-state index in [9.17, 15) is 0 Å². The van der Waals surface area contributed by atoms with Crippen LogP contribution < -0.4 is 11.5 Å². The number of nitrogens with two attached hydrogens (primary N) is 1. The summed E-state index contributed by atoms with van der Waals surface area (Å²) in [5.74, 6) is 0. The molecular formula is C15H15N2+. The van der Waals surface area contributed by atoms with Gasteiger partial charge in [-0.3, -0.25) is 0 Å². The second-order valence-electron chi connectivity index (χ2n) is 4.38. The summed E-state index contributed by atoms with van der Waals surface area (Å²) < 4.78 is 0. The SMILES string of the molecule is NC1=C([NH3+])c2ccccc2Cc2ccccc21. The van der Waals surface area contributed by atoms with Gasteiger partial charge >= 0.3 is 0 Å². The Bertz CT molecular complexity index is 558. The fourth-order valence-electron chi connectivity index (χ4n) is 2.42. The van der Waals surface area contributed by atoms with Crippen molar-refractivity contribution in [3.63, 3.8) is 0 Å². The molecule has 0 atom stereocenters. The average Bonchev–Trinajstić information content (AvgIpc) is 2.48. The highest BCUT2D eigenvalue weighted by Gasteiger charge is 2.19. The number of hydrogen-bond acceptors (Lipinski definition) is 1. The first-order valence-corrected chi connectivity index (χ1v) is 5.75. The molecule has 0 aromatic heterocycles. The highest BCUT2D eigenvalue weighted by Crippen LogP contribution is 2.29. The molecule has 1 aliphatic carbocycles. The molecule has 0 unspecified atom stereocenters. The molecule has 0 fully saturated rings. The smallest absolute Gasteiger partial charge is 0.159 e. The molecule has 0 spiro atoms. The van der Waals surface area contributed by atoms with Crippen molar-refractivity contribution in [1.82, 2.24) is 0 Å². The van der Waals surface area contributed by atoms with Gasteiger partial charge in [0.2, 0.25) is 0 Å². The Morgan fingerprint density at radius 3 is 2.06 bits per heavy atom. The average molecular weight is 223 g/mol. The Labute approximate surface area is 101 Å². The molecule has 2 nitrogen and oxygen atoms in total. The number of benzene rings is 2. The van der Waals surface area contributed by atoms with Crippen LogP contribution in [0.4, 0.5) is 0 Å². The van der Waals surface area contributed by atoms with Crippen LogP contribution in [-0.4, -0.2) is 0 Å². The summed E-state index contributed by atoms with van der Waals surface area (Å²) in [6.07, 6.45) is 0.923. The maximum atomic E-state index is 6.22. The third-order valence-corrected chi connectivity index (χ3v) is 3.36. The fraction of sp³-hybridized carbons (Fsp3) is 0.0667. The van der Waals surface area contributed by atoms with E-state index < -0.39 is 0 Å². The van der Waals surface area contributed by atoms with Crippen LogP contribution >= 0.6 is 0 Å². The van der Waals surface area contributed by atoms with Gasteiger partial charge in [0.25, 0.3) is 0 Å². The van der Waals surface area contributed by atoms with Crippen LogP contribution in [-0.2, 0) is 6.42 Å². The van der Waals surface area contributed by atoms with Crippen molar-refractivity contribution in [2.45, 2.75) is 6.42 Å². The third-order valence-electron chi connectivity index (χ3n) is 3.36. The minimum atomic E-state index is 0.797. The van der Waals surface area contributed by atoms with Gasteiger partial charge in [-0.15, -0.1) is 0 Å². The van der Waals surface area contributed by atoms with Gasteiger partial charge in [-0.05, 0) is 23.6 Å². The highest BCUT2D eigenvalue weighted by atomic mass is 14.7. The Kier molecular flexibility index (Phi) is 2.23. The Morgan fingerprint density at radius 1 is 0.824 bits per heavy atom. The summed E-state index contributed by atoms with van der Waals surface area (Å²) in [6, 6.07) is 16.6. The number of quaternary nitrogens is 1. The zero-order valence-electron chi connectivity index (χ0n) is 9.61. The molecule has 2 aromatic carbocycles. The van der Waals surface area contributed by atoms with E-state index in [1.54, 1.807) is 0 Å². The summed E-state index contributed by atoms with van der Waals surface area (Å²) in [4.78, 5) is 0. The van der Waals surface area contributed by atoms with Crippen molar-refractivity contribution in [2.75, 3.05) is 0 Å². The summed E-state index contributed by atoms with van der Waals surface area (Å²) in [7, 11) is 0. The van der Waals surface area contributed by atoms with Gasteiger partial charge in [0.05, 0.1) is 0 Å². The normalized spacial score (nSPS) is 13.9. The predicted octanol–water partition coefficient (Wildman–Crippen LogP) is 1.62. The van der Waals surface area contributed by atoms with E-state index in [2.05, 4.69) is 42.1 Å². The summed E-state index contributed by atoms with van der Waals surface area (Å²) in [6.45, 7) is 0. The maximum absolute atomic E-state index is 6.22. The number of fused-ring (bicyclic) bond motifs is 2. The molecule has 1 aliphatic rings. The van der Waals surface area contributed by atoms with E-state index in [-0.39, 0.29) is 0 Å². The van der Waals surface area contributed by atoms with Gasteiger partial charge < -0.3 is 11.5 Å². The van der Waals surface area contributed by atoms with Crippen LogP contribution in [0.3, 0.4) is 0 Å². The lowest BCUT2D eigenvalue weighted by atomic mass is 9.99. The summed E-state index contributed by atoms with van der Waals surface area (Å²) in [5.41, 5.74) is 16.9. The molecule has 0 saturated heterocycles. The first-order valence-electron chi connectivity index (χ1n) is 5.75. The van der Waals surface area contributed by atoms with Crippen molar-refractivity contribution >= 4 is 11.4 Å². The van der Waals surface area contributed by atoms with Gasteiger partial charge in [-0.25, -0.2) is 0 Å². The Balaban J connectivity index is 2.33. The van der Waals surface area contributed by atoms with Crippen molar-refractivity contribution < 1.29 is 5.73 Å². The second-order valence-corrected chi connectivity index (χ2v) is 4.38. The zero-order chi connectivity index (χ0) is 11.8. The fourth-order valence-corrected chi connectivity index (χ4v) is 2.42. The second kappa shape index (κ2) is 3.75. The molecule has 0 heterocycles. The Morgan fingerprint density at radius 2 is 1.35 bits per heavy atom. The monoisotopic (exact) mass is 223 g/mol. The minimum absolute atomic E-state index is 0.797. The van der Waals surface area contributed by atoms with E-state index in [0.717, 1.165) is 23.4 Å². The van der Waals surface area contributed by atoms with E-state index in [4.69, 9.17) is 5.73 Å². The van der Waals surface area contributed by atoms with Gasteiger partial charge in [0, 0.05) is 11.1 Å². The van der Waals surface area contributed by atoms with Gasteiger partial charge in [-0.1, -0.05) is 42.5 Å². The van der Waals surface area contributed by atoms with E-state index in [0.29, 0.717) is 0 Å². The van der Waals surface area contributed by atoms with E-state index in [1.165, 1.54) is 16.7 Å². The van der Waals surface area contributed by atoms with Crippen molar-refractivity contribution in [1.29, 1.82) is 0 Å². The largest absolute Gasteiger partial charge is 0.393 e. The Hall–Kier alpha value is -2.06. The molecule has 84 valence electrons. The van der Waals surface area contributed by atoms with Gasteiger partial charge in [-0.2, -0.15) is 0 Å². The molecule has 0 bridgehead atoms. The standard InChI is InChI=1S/C15H14N2/c16-14-12-7-3-1-5-10(12)9-11-6-2-4-8-13(11)15(14)17/h1-8H,9,16-17H2/p+1. The quantitative estimate of drug-likeness (QED) is 0.700. The molecular weight excluding hydrogens is 208 g/mol. The first kappa shape index (κ1) is 10.1. The van der Waals surface area contributed by atoms with Crippen LogP contribution in [0, 0.1) is 0 Å². The lowest BCUT2D eigenvalue weighted by Crippen LogP contribution is -2.47. The van der Waals surface area contributed by atoms with Crippen molar-refractivity contribution in [2.24, 2.45) is 5.73 Å². The van der Waals surface area contributed by atoms with Gasteiger partial charge in [0.15, 0.2) is 5.70 Å². The zero-order valence-corrected chi connectivity index (χ0v) is 9.61. The lowest BCUT2D eigenvalue weighted by Gasteiger charge is -2.05. The molecule has 0 aliphatic heterocycles. The molecule has 17 heavy (non-hydrogen) atoms. The molecule has 3 rings (SSSR count). The molecule has 2 aromatic rings. The lowest BCUT2D eigenvalue weighted by molar-refractivity contribution is -0.243. The molecule has 0 amide bonds. The predicted molar refractivity (Wildman–Crippen MR) is 69.6 cm³/mol. The number of rotatable bonds is 0. The maximum Gasteiger partial charge on any atom is 0.159 e. The molecule has 0 radical (unpaired) electrons. The van der Waals surface area contributed by atoms with Crippen LogP contribution in [0.15, 0.2) is 48.5 Å². The van der Waals surface area contributed by atoms with Crippen LogP contribution in [0.5, 0.6) is 0 Å². The topological polar surface area (TPSA) is 53.7 Å². The van der Waals surface area contributed by atoms with Crippen molar-refractivity contribution in [3.8, 4) is 0 Å². The summed E-state index contributed by atoms with van der Waals surface area (Å²) in [5, 5.41) is 0. The first-order chi connectivity index (χ1) is 8.27. The highest BCUT2D eigenvalue weighted by molar-refractivity contribution is 5.87. The number of hydrogen-bond donors (Lipinski definition) is 2. The van der Waals surface area contributed by atoms with Crippen LogP contribution in [0.25, 0.3) is 11.4 Å². The summed E-state index contributed by atoms with van der Waals surface area (Å²) >= 11 is 0. The third kappa shape index (κ3) is 1.54. The van der Waals surface area contributed by atoms with Crippen molar-refractivity contribution in [3.05, 3.63) is 70.8 Å². The van der Waals surface area contributed by atoms with Gasteiger partial charge in [0.1, 0.15) is 5.70 Å². The van der Waals surface area contributed by atoms with Crippen LogP contribution in [0.1, 0.15) is 22.3 Å².